The Labute approximate surface area is 150 Å². The van der Waals surface area contributed by atoms with E-state index in [1.807, 2.05) is 37.4 Å². The summed E-state index contributed by atoms with van der Waals surface area (Å²) in [4.78, 5) is 36.1. The summed E-state index contributed by atoms with van der Waals surface area (Å²) in [6.45, 7) is 3.95. The Morgan fingerprint density at radius 1 is 0.960 bits per heavy atom. The Kier molecular flexibility index (Phi) is 6.71. The van der Waals surface area contributed by atoms with E-state index >= 15 is 0 Å². The van der Waals surface area contributed by atoms with Crippen molar-refractivity contribution in [3.8, 4) is 0 Å². The van der Waals surface area contributed by atoms with E-state index in [1.165, 1.54) is 11.3 Å². The fourth-order valence-corrected chi connectivity index (χ4v) is 2.89. The molecule has 0 spiro atoms. The van der Waals surface area contributed by atoms with Gasteiger partial charge in [-0.3, -0.25) is 14.4 Å². The van der Waals surface area contributed by atoms with Gasteiger partial charge < -0.3 is 16.0 Å². The molecular formula is C18H21N3O3S. The van der Waals surface area contributed by atoms with Crippen molar-refractivity contribution in [1.82, 2.24) is 10.6 Å². The number of amides is 3. The highest BCUT2D eigenvalue weighted by molar-refractivity contribution is 7.12. The van der Waals surface area contributed by atoms with Gasteiger partial charge >= 0.3 is 0 Å². The van der Waals surface area contributed by atoms with Gasteiger partial charge in [0.15, 0.2) is 0 Å². The highest BCUT2D eigenvalue weighted by atomic mass is 32.1. The number of rotatable bonds is 7. The molecule has 0 aliphatic carbocycles. The van der Waals surface area contributed by atoms with E-state index in [0.29, 0.717) is 4.88 Å². The number of nitrogens with one attached hydrogen (secondary N) is 3. The van der Waals surface area contributed by atoms with Crippen molar-refractivity contribution in [1.29, 1.82) is 0 Å². The molecule has 3 amide bonds. The molecule has 132 valence electrons. The van der Waals surface area contributed by atoms with Crippen LogP contribution in [0.1, 0.15) is 27.2 Å². The highest BCUT2D eigenvalue weighted by Crippen LogP contribution is 2.18. The number of hydrogen-bond donors (Lipinski definition) is 3. The van der Waals surface area contributed by atoms with Crippen molar-refractivity contribution >= 4 is 34.7 Å². The van der Waals surface area contributed by atoms with Crippen molar-refractivity contribution in [3.63, 3.8) is 0 Å². The van der Waals surface area contributed by atoms with E-state index in [1.54, 1.807) is 12.1 Å². The lowest BCUT2D eigenvalue weighted by Crippen LogP contribution is -2.35. The van der Waals surface area contributed by atoms with Crippen molar-refractivity contribution in [2.24, 2.45) is 0 Å². The van der Waals surface area contributed by atoms with Crippen LogP contribution in [0.3, 0.4) is 0 Å². The van der Waals surface area contributed by atoms with E-state index in [4.69, 9.17) is 0 Å². The highest BCUT2D eigenvalue weighted by Gasteiger charge is 2.10. The van der Waals surface area contributed by atoms with Gasteiger partial charge in [-0.15, -0.1) is 11.3 Å². The minimum absolute atomic E-state index is 0.106. The summed E-state index contributed by atoms with van der Waals surface area (Å²) in [7, 11) is 0. The third-order valence-electron chi connectivity index (χ3n) is 3.57. The number of anilines is 1. The molecule has 0 saturated carbocycles. The molecule has 0 unspecified atom stereocenters. The average molecular weight is 359 g/mol. The molecule has 1 heterocycles. The predicted molar refractivity (Wildman–Crippen MR) is 98.8 cm³/mol. The zero-order valence-electron chi connectivity index (χ0n) is 14.2. The van der Waals surface area contributed by atoms with Crippen molar-refractivity contribution < 1.29 is 14.4 Å². The van der Waals surface area contributed by atoms with Gasteiger partial charge in [-0.25, -0.2) is 0 Å². The second kappa shape index (κ2) is 8.98. The molecule has 25 heavy (non-hydrogen) atoms. The van der Waals surface area contributed by atoms with Crippen molar-refractivity contribution in [2.45, 2.75) is 20.3 Å². The van der Waals surface area contributed by atoms with Gasteiger partial charge in [-0.2, -0.15) is 0 Å². The van der Waals surface area contributed by atoms with Crippen LogP contribution in [-0.2, 0) is 9.59 Å². The summed E-state index contributed by atoms with van der Waals surface area (Å²) in [5.41, 5.74) is 2.71. The van der Waals surface area contributed by atoms with E-state index in [0.717, 1.165) is 16.8 Å². The molecule has 2 aromatic rings. The van der Waals surface area contributed by atoms with Gasteiger partial charge in [-0.1, -0.05) is 24.3 Å². The largest absolute Gasteiger partial charge is 0.351 e. The van der Waals surface area contributed by atoms with E-state index in [2.05, 4.69) is 16.0 Å². The first kappa shape index (κ1) is 18.7. The molecule has 3 N–H and O–H groups in total. The molecule has 0 saturated heterocycles. The van der Waals surface area contributed by atoms with Crippen LogP contribution in [0.25, 0.3) is 0 Å². The molecule has 2 rings (SSSR count). The first-order valence-electron chi connectivity index (χ1n) is 7.92. The molecule has 7 heteroatoms. The predicted octanol–water partition coefficient (Wildman–Crippen LogP) is 2.24. The fraction of sp³-hybridized carbons (Fsp3) is 0.278. The number of carbonyl (C=O) groups excluding carboxylic acids is 3. The van der Waals surface area contributed by atoms with E-state index < -0.39 is 0 Å². The van der Waals surface area contributed by atoms with E-state index in [9.17, 15) is 14.4 Å². The maximum Gasteiger partial charge on any atom is 0.261 e. The second-order valence-corrected chi connectivity index (χ2v) is 6.52. The van der Waals surface area contributed by atoms with Crippen molar-refractivity contribution in [3.05, 3.63) is 51.7 Å². The molecule has 0 atom stereocenters. The average Bonchev–Trinajstić information content (AvgIpc) is 3.11. The maximum absolute atomic E-state index is 12.0. The summed E-state index contributed by atoms with van der Waals surface area (Å²) in [6.07, 6.45) is 0.119. The zero-order valence-corrected chi connectivity index (χ0v) is 15.0. The summed E-state index contributed by atoms with van der Waals surface area (Å²) in [6, 6.07) is 9.26. The topological polar surface area (TPSA) is 87.3 Å². The molecule has 0 aliphatic heterocycles. The third kappa shape index (κ3) is 5.72. The van der Waals surface area contributed by atoms with Gasteiger partial charge in [-0.05, 0) is 36.4 Å². The first-order valence-corrected chi connectivity index (χ1v) is 8.80. The Hall–Kier alpha value is -2.67. The normalized spacial score (nSPS) is 10.2. The SMILES string of the molecule is Cc1cccc(C)c1NC(=O)CNC(=O)CCNC(=O)c1cccs1. The number of hydrogen-bond acceptors (Lipinski definition) is 4. The van der Waals surface area contributed by atoms with E-state index in [-0.39, 0.29) is 37.2 Å². The maximum atomic E-state index is 12.0. The molecule has 1 aromatic heterocycles. The van der Waals surface area contributed by atoms with Gasteiger partial charge in [0.25, 0.3) is 5.91 Å². The number of aryl methyl sites for hydroxylation is 2. The minimum Gasteiger partial charge on any atom is -0.351 e. The molecule has 6 nitrogen and oxygen atoms in total. The van der Waals surface area contributed by atoms with Gasteiger partial charge in [0.1, 0.15) is 0 Å². The molecule has 1 aromatic carbocycles. The fourth-order valence-electron chi connectivity index (χ4n) is 2.25. The summed E-state index contributed by atoms with van der Waals surface area (Å²) in [5, 5.41) is 9.84. The lowest BCUT2D eigenvalue weighted by atomic mass is 10.1. The number of thiophene rings is 1. The lowest BCUT2D eigenvalue weighted by Gasteiger charge is -2.12. The van der Waals surface area contributed by atoms with Crippen LogP contribution in [0, 0.1) is 13.8 Å². The summed E-state index contributed by atoms with van der Waals surface area (Å²) < 4.78 is 0. The number of para-hydroxylation sites is 1. The lowest BCUT2D eigenvalue weighted by molar-refractivity contribution is -0.124. The first-order chi connectivity index (χ1) is 12.0. The molecule has 0 bridgehead atoms. The summed E-state index contributed by atoms with van der Waals surface area (Å²) >= 11 is 1.34. The number of carbonyl (C=O) groups is 3. The quantitative estimate of drug-likeness (QED) is 0.708. The van der Waals surface area contributed by atoms with Crippen LogP contribution in [0.15, 0.2) is 35.7 Å². The molecular weight excluding hydrogens is 338 g/mol. The molecule has 0 fully saturated rings. The second-order valence-electron chi connectivity index (χ2n) is 5.57. The third-order valence-corrected chi connectivity index (χ3v) is 4.44. The van der Waals surface area contributed by atoms with Crippen molar-refractivity contribution in [2.75, 3.05) is 18.4 Å². The van der Waals surface area contributed by atoms with Crippen LogP contribution in [-0.4, -0.2) is 30.8 Å². The Morgan fingerprint density at radius 3 is 2.32 bits per heavy atom. The molecule has 0 radical (unpaired) electrons. The van der Waals surface area contributed by atoms with Gasteiger partial charge in [0, 0.05) is 18.7 Å². The Balaban J connectivity index is 1.69. The monoisotopic (exact) mass is 359 g/mol. The number of benzene rings is 1. The smallest absolute Gasteiger partial charge is 0.261 e. The minimum atomic E-state index is -0.289. The van der Waals surface area contributed by atoms with Crippen LogP contribution in [0.5, 0.6) is 0 Å². The van der Waals surface area contributed by atoms with Gasteiger partial charge in [0.2, 0.25) is 11.8 Å². The Morgan fingerprint density at radius 2 is 1.68 bits per heavy atom. The molecule has 0 aliphatic rings. The van der Waals surface area contributed by atoms with Crippen LogP contribution < -0.4 is 16.0 Å². The van der Waals surface area contributed by atoms with Gasteiger partial charge in [0.05, 0.1) is 11.4 Å². The Bertz CT molecular complexity index is 737. The van der Waals surface area contributed by atoms with Crippen LogP contribution in [0.4, 0.5) is 5.69 Å². The van der Waals surface area contributed by atoms with Crippen LogP contribution >= 0.6 is 11.3 Å². The summed E-state index contributed by atoms with van der Waals surface area (Å²) in [5.74, 6) is -0.771. The zero-order chi connectivity index (χ0) is 18.2. The van der Waals surface area contributed by atoms with Crippen LogP contribution in [0.2, 0.25) is 0 Å². The standard InChI is InChI=1S/C18H21N3O3S/c1-12-5-3-6-13(2)17(12)21-16(23)11-20-15(22)8-9-19-18(24)14-7-4-10-25-14/h3-7,10H,8-9,11H2,1-2H3,(H,19,24)(H,20,22)(H,21,23).